The number of nitrogens with zero attached hydrogens (tertiary/aromatic N) is 7. The second kappa shape index (κ2) is 10.7. The van der Waals surface area contributed by atoms with Gasteiger partial charge in [0.2, 0.25) is 0 Å². The summed E-state index contributed by atoms with van der Waals surface area (Å²) in [5.74, 6) is 4.94. The summed E-state index contributed by atoms with van der Waals surface area (Å²) < 4.78 is 2.19. The topological polar surface area (TPSA) is 63.0 Å². The maximum Gasteiger partial charge on any atom is 0.190 e. The van der Waals surface area contributed by atoms with Crippen LogP contribution in [0.15, 0.2) is 11.2 Å². The molecular weight excluding hydrogens is 466 g/mol. The number of anilines is 1. The molecule has 0 bridgehead atoms. The molecular formula is C25H42ClN7S. The molecule has 2 aromatic rings. The molecule has 2 aliphatic rings. The molecule has 0 radical (unpaired) electrons. The predicted octanol–water partition coefficient (Wildman–Crippen LogP) is 4.80. The first-order valence-corrected chi connectivity index (χ1v) is 13.4. The van der Waals surface area contributed by atoms with Gasteiger partial charge in [0.1, 0.15) is 17.5 Å². The minimum absolute atomic E-state index is 0. The van der Waals surface area contributed by atoms with E-state index in [1.165, 1.54) is 25.1 Å². The largest absolute Gasteiger partial charge is 0.354 e. The lowest BCUT2D eigenvalue weighted by Crippen LogP contribution is -2.47. The van der Waals surface area contributed by atoms with Crippen molar-refractivity contribution in [1.29, 1.82) is 0 Å². The van der Waals surface area contributed by atoms with Crippen LogP contribution < -0.4 is 4.90 Å². The van der Waals surface area contributed by atoms with E-state index in [-0.39, 0.29) is 23.2 Å². The normalized spacial score (nSPS) is 17.7. The Kier molecular flexibility index (Phi) is 8.57. The Hall–Kier alpha value is -1.38. The third-order valence-electron chi connectivity index (χ3n) is 6.51. The van der Waals surface area contributed by atoms with Crippen LogP contribution in [0.4, 0.5) is 5.82 Å². The highest BCUT2D eigenvalue weighted by Crippen LogP contribution is 2.39. The third kappa shape index (κ3) is 6.64. The van der Waals surface area contributed by atoms with Crippen LogP contribution in [-0.2, 0) is 17.9 Å². The van der Waals surface area contributed by atoms with Crippen molar-refractivity contribution in [2.45, 2.75) is 82.7 Å². The summed E-state index contributed by atoms with van der Waals surface area (Å²) in [6, 6.07) is 2.21. The molecule has 4 rings (SSSR count). The molecule has 9 heteroatoms. The van der Waals surface area contributed by atoms with Gasteiger partial charge in [-0.3, -0.25) is 4.90 Å². The zero-order chi connectivity index (χ0) is 23.8. The Bertz CT molecular complexity index is 919. The highest BCUT2D eigenvalue weighted by atomic mass is 35.5. The molecule has 34 heavy (non-hydrogen) atoms. The molecule has 0 unspecified atom stereocenters. The van der Waals surface area contributed by atoms with Gasteiger partial charge in [-0.1, -0.05) is 53.3 Å². The lowest BCUT2D eigenvalue weighted by atomic mass is 9.90. The predicted molar refractivity (Wildman–Crippen MR) is 144 cm³/mol. The standard InChI is InChI=1S/C25H41N7S.ClH/c1-24(2,3)19-17-20(27-22(26-19)25(4,5)6)32-14-12-31(13-15-32)11-8-16-33-23-29-28-21(30(23)7)18-9-10-18;/h17-18H,8-16H2,1-7H3;1H. The van der Waals surface area contributed by atoms with Gasteiger partial charge in [0.25, 0.3) is 0 Å². The molecule has 0 N–H and O–H groups in total. The van der Waals surface area contributed by atoms with Crippen LogP contribution in [0.5, 0.6) is 0 Å². The van der Waals surface area contributed by atoms with Gasteiger partial charge in [0, 0.05) is 61.8 Å². The summed E-state index contributed by atoms with van der Waals surface area (Å²) in [5, 5.41) is 9.85. The first kappa shape index (κ1) is 27.2. The van der Waals surface area contributed by atoms with Crippen molar-refractivity contribution in [2.24, 2.45) is 7.05 Å². The summed E-state index contributed by atoms with van der Waals surface area (Å²) in [6.07, 6.45) is 3.71. The summed E-state index contributed by atoms with van der Waals surface area (Å²) in [6.45, 7) is 18.6. The highest BCUT2D eigenvalue weighted by Gasteiger charge is 2.29. The van der Waals surface area contributed by atoms with Crippen LogP contribution in [0.3, 0.4) is 0 Å². The SMILES string of the molecule is Cl.Cn1c(SCCCN2CCN(c3cc(C(C)(C)C)nc(C(C)(C)C)n3)CC2)nnc1C1CC1. The number of hydrogen-bond acceptors (Lipinski definition) is 7. The summed E-state index contributed by atoms with van der Waals surface area (Å²) >= 11 is 1.84. The minimum Gasteiger partial charge on any atom is -0.354 e. The molecule has 0 amide bonds. The van der Waals surface area contributed by atoms with Crippen LogP contribution in [0, 0.1) is 0 Å². The first-order valence-electron chi connectivity index (χ1n) is 12.4. The summed E-state index contributed by atoms with van der Waals surface area (Å²) in [7, 11) is 2.11. The maximum atomic E-state index is 4.98. The molecule has 3 heterocycles. The quantitative estimate of drug-likeness (QED) is 0.394. The van der Waals surface area contributed by atoms with Crippen LogP contribution in [0.25, 0.3) is 0 Å². The second-order valence-electron chi connectivity index (χ2n) is 11.6. The maximum absolute atomic E-state index is 4.98. The molecule has 1 aliphatic carbocycles. The van der Waals surface area contributed by atoms with Crippen molar-refractivity contribution in [2.75, 3.05) is 43.4 Å². The van der Waals surface area contributed by atoms with E-state index in [1.54, 1.807) is 0 Å². The lowest BCUT2D eigenvalue weighted by Gasteiger charge is -2.36. The van der Waals surface area contributed by atoms with E-state index in [0.29, 0.717) is 5.92 Å². The van der Waals surface area contributed by atoms with E-state index in [2.05, 4.69) is 79.2 Å². The van der Waals surface area contributed by atoms with Crippen LogP contribution in [0.2, 0.25) is 0 Å². The van der Waals surface area contributed by atoms with E-state index in [1.807, 2.05) is 11.8 Å². The average Bonchev–Trinajstić information content (AvgIpc) is 3.53. The Morgan fingerprint density at radius 3 is 2.21 bits per heavy atom. The Labute approximate surface area is 215 Å². The Balaban J connectivity index is 0.00000324. The van der Waals surface area contributed by atoms with Crippen molar-refractivity contribution >= 4 is 30.0 Å². The van der Waals surface area contributed by atoms with Crippen LogP contribution in [0.1, 0.15) is 84.1 Å². The molecule has 0 atom stereocenters. The number of aromatic nitrogens is 5. The van der Waals surface area contributed by atoms with Crippen molar-refractivity contribution < 1.29 is 0 Å². The number of thioether (sulfide) groups is 1. The lowest BCUT2D eigenvalue weighted by molar-refractivity contribution is 0.258. The second-order valence-corrected chi connectivity index (χ2v) is 12.7. The molecule has 0 spiro atoms. The van der Waals surface area contributed by atoms with Gasteiger partial charge in [-0.25, -0.2) is 9.97 Å². The number of piperazine rings is 1. The Morgan fingerprint density at radius 1 is 0.941 bits per heavy atom. The fraction of sp³-hybridized carbons (Fsp3) is 0.760. The van der Waals surface area contributed by atoms with E-state index < -0.39 is 0 Å². The third-order valence-corrected chi connectivity index (χ3v) is 7.62. The van der Waals surface area contributed by atoms with Crippen LogP contribution in [-0.4, -0.2) is 68.1 Å². The molecule has 1 saturated carbocycles. The van der Waals surface area contributed by atoms with Crippen molar-refractivity contribution in [1.82, 2.24) is 29.6 Å². The van der Waals surface area contributed by atoms with Gasteiger partial charge in [0.05, 0.1) is 5.69 Å². The van der Waals surface area contributed by atoms with E-state index >= 15 is 0 Å². The van der Waals surface area contributed by atoms with Gasteiger partial charge in [-0.2, -0.15) is 0 Å². The molecule has 0 aromatic carbocycles. The summed E-state index contributed by atoms with van der Waals surface area (Å²) in [5.41, 5.74) is 1.09. The van der Waals surface area contributed by atoms with Crippen molar-refractivity contribution in [3.05, 3.63) is 23.4 Å². The fourth-order valence-corrected chi connectivity index (χ4v) is 4.96. The molecule has 190 valence electrons. The van der Waals surface area contributed by atoms with E-state index in [9.17, 15) is 0 Å². The minimum atomic E-state index is -0.0579. The number of halogens is 1. The van der Waals surface area contributed by atoms with Gasteiger partial charge >= 0.3 is 0 Å². The van der Waals surface area contributed by atoms with E-state index in [0.717, 1.165) is 61.0 Å². The fourth-order valence-electron chi connectivity index (χ4n) is 4.12. The van der Waals surface area contributed by atoms with Crippen molar-refractivity contribution in [3.63, 3.8) is 0 Å². The molecule has 2 aromatic heterocycles. The molecule has 7 nitrogen and oxygen atoms in total. The van der Waals surface area contributed by atoms with Crippen molar-refractivity contribution in [3.8, 4) is 0 Å². The van der Waals surface area contributed by atoms with Gasteiger partial charge < -0.3 is 9.47 Å². The zero-order valence-electron chi connectivity index (χ0n) is 22.0. The smallest absolute Gasteiger partial charge is 0.190 e. The molecule has 1 aliphatic heterocycles. The molecule has 1 saturated heterocycles. The van der Waals surface area contributed by atoms with Crippen LogP contribution >= 0.6 is 24.2 Å². The zero-order valence-corrected chi connectivity index (χ0v) is 23.6. The van der Waals surface area contributed by atoms with Gasteiger partial charge in [0.15, 0.2) is 5.16 Å². The van der Waals surface area contributed by atoms with Gasteiger partial charge in [-0.05, 0) is 25.8 Å². The first-order chi connectivity index (χ1) is 15.5. The van der Waals surface area contributed by atoms with E-state index in [4.69, 9.17) is 9.97 Å². The Morgan fingerprint density at radius 2 is 1.62 bits per heavy atom. The summed E-state index contributed by atoms with van der Waals surface area (Å²) in [4.78, 5) is 14.9. The van der Waals surface area contributed by atoms with Gasteiger partial charge in [-0.15, -0.1) is 22.6 Å². The highest BCUT2D eigenvalue weighted by molar-refractivity contribution is 7.99. The number of hydrogen-bond donors (Lipinski definition) is 0. The molecule has 2 fully saturated rings. The average molecular weight is 508 g/mol. The monoisotopic (exact) mass is 507 g/mol. The number of rotatable bonds is 7.